The summed E-state index contributed by atoms with van der Waals surface area (Å²) in [7, 11) is 2.13. The van der Waals surface area contributed by atoms with Crippen LogP contribution in [0, 0.1) is 11.8 Å². The van der Waals surface area contributed by atoms with E-state index in [4.69, 9.17) is 0 Å². The lowest BCUT2D eigenvalue weighted by Crippen LogP contribution is -2.21. The molecule has 1 aromatic rings. The third-order valence-corrected chi connectivity index (χ3v) is 3.27. The Morgan fingerprint density at radius 3 is 2.88 bits per heavy atom. The van der Waals surface area contributed by atoms with Crippen LogP contribution in [0.15, 0.2) is 18.2 Å². The van der Waals surface area contributed by atoms with Crippen molar-refractivity contribution in [2.45, 2.75) is 20.3 Å². The predicted molar refractivity (Wildman–Crippen MR) is 68.9 cm³/mol. The molecule has 1 aromatic heterocycles. The number of aromatic nitrogens is 1. The van der Waals surface area contributed by atoms with Crippen molar-refractivity contribution < 1.29 is 0 Å². The van der Waals surface area contributed by atoms with Gasteiger partial charge >= 0.3 is 0 Å². The molecule has 3 heteroatoms. The van der Waals surface area contributed by atoms with Gasteiger partial charge in [0.2, 0.25) is 0 Å². The second-order valence-electron chi connectivity index (χ2n) is 4.76. The predicted octanol–water partition coefficient (Wildman–Crippen LogP) is 2.61. The summed E-state index contributed by atoms with van der Waals surface area (Å²) in [5.74, 6) is 3.81. The molecule has 2 atom stereocenters. The zero-order chi connectivity index (χ0) is 11.5. The van der Waals surface area contributed by atoms with Crippen LogP contribution in [0.5, 0.6) is 0 Å². The summed E-state index contributed by atoms with van der Waals surface area (Å²) in [6, 6.07) is 6.15. The van der Waals surface area contributed by atoms with Crippen LogP contribution in [0.1, 0.15) is 20.3 Å². The average Bonchev–Trinajstić information content (AvgIpc) is 2.95. The largest absolute Gasteiger partial charge is 0.370 e. The number of nitrogens with one attached hydrogen (secondary N) is 1. The first kappa shape index (κ1) is 11.2. The van der Waals surface area contributed by atoms with Gasteiger partial charge in [0.15, 0.2) is 0 Å². The summed E-state index contributed by atoms with van der Waals surface area (Å²) in [6.07, 6.45) is 1.37. The van der Waals surface area contributed by atoms with Gasteiger partial charge in [0.25, 0.3) is 0 Å². The maximum Gasteiger partial charge on any atom is 0.130 e. The molecule has 88 valence electrons. The lowest BCUT2D eigenvalue weighted by molar-refractivity contribution is 0.720. The van der Waals surface area contributed by atoms with Gasteiger partial charge in [-0.15, -0.1) is 0 Å². The van der Waals surface area contributed by atoms with E-state index >= 15 is 0 Å². The molecule has 1 heterocycles. The van der Waals surface area contributed by atoms with Crippen molar-refractivity contribution >= 4 is 11.6 Å². The molecular formula is C13H21N3. The zero-order valence-electron chi connectivity index (χ0n) is 10.4. The molecule has 1 fully saturated rings. The minimum atomic E-state index is 0.870. The Morgan fingerprint density at radius 2 is 2.25 bits per heavy atom. The molecule has 2 rings (SSSR count). The second kappa shape index (κ2) is 4.73. The van der Waals surface area contributed by atoms with Gasteiger partial charge in [-0.1, -0.05) is 13.0 Å². The van der Waals surface area contributed by atoms with Crippen molar-refractivity contribution in [1.29, 1.82) is 0 Å². The Balaban J connectivity index is 1.98. The zero-order valence-corrected chi connectivity index (χ0v) is 10.4. The van der Waals surface area contributed by atoms with E-state index in [2.05, 4.69) is 48.2 Å². The number of nitrogens with zero attached hydrogens (tertiary/aromatic N) is 2. The second-order valence-corrected chi connectivity index (χ2v) is 4.76. The van der Waals surface area contributed by atoms with E-state index in [-0.39, 0.29) is 0 Å². The Hall–Kier alpha value is -1.25. The molecule has 0 saturated heterocycles. The van der Waals surface area contributed by atoms with E-state index in [0.29, 0.717) is 0 Å². The molecule has 0 radical (unpaired) electrons. The minimum Gasteiger partial charge on any atom is -0.370 e. The maximum atomic E-state index is 4.58. The average molecular weight is 219 g/mol. The molecule has 0 spiro atoms. The van der Waals surface area contributed by atoms with E-state index in [1.165, 1.54) is 6.42 Å². The van der Waals surface area contributed by atoms with E-state index < -0.39 is 0 Å². The topological polar surface area (TPSA) is 28.2 Å². The molecular weight excluding hydrogens is 198 g/mol. The highest BCUT2D eigenvalue weighted by Crippen LogP contribution is 2.38. The van der Waals surface area contributed by atoms with Crippen molar-refractivity contribution in [3.8, 4) is 0 Å². The molecule has 0 amide bonds. The molecule has 16 heavy (non-hydrogen) atoms. The summed E-state index contributed by atoms with van der Waals surface area (Å²) in [6.45, 7) is 6.45. The smallest absolute Gasteiger partial charge is 0.130 e. The fraction of sp³-hybridized carbons (Fsp3) is 0.615. The summed E-state index contributed by atoms with van der Waals surface area (Å²) in [5.41, 5.74) is 0. The van der Waals surface area contributed by atoms with Crippen molar-refractivity contribution in [3.63, 3.8) is 0 Å². The fourth-order valence-corrected chi connectivity index (χ4v) is 2.01. The molecule has 3 nitrogen and oxygen atoms in total. The van der Waals surface area contributed by atoms with E-state index in [1.807, 2.05) is 6.07 Å². The van der Waals surface area contributed by atoms with Crippen molar-refractivity contribution in [3.05, 3.63) is 18.2 Å². The van der Waals surface area contributed by atoms with E-state index in [1.54, 1.807) is 0 Å². The highest BCUT2D eigenvalue weighted by atomic mass is 15.2. The highest BCUT2D eigenvalue weighted by molar-refractivity contribution is 5.46. The van der Waals surface area contributed by atoms with Gasteiger partial charge in [-0.25, -0.2) is 4.98 Å². The normalized spacial score (nSPS) is 22.9. The SMILES string of the molecule is CCNc1cccc(N(C)CC2CC2C)n1. The molecule has 0 aliphatic heterocycles. The standard InChI is InChI=1S/C13H21N3/c1-4-14-12-6-5-7-13(15-12)16(3)9-11-8-10(11)2/h5-7,10-11H,4,8-9H2,1-3H3,(H,14,15). The number of anilines is 2. The van der Waals surface area contributed by atoms with Crippen LogP contribution in [0.3, 0.4) is 0 Å². The van der Waals surface area contributed by atoms with Gasteiger partial charge < -0.3 is 10.2 Å². The highest BCUT2D eigenvalue weighted by Gasteiger charge is 2.33. The van der Waals surface area contributed by atoms with Gasteiger partial charge in [0, 0.05) is 20.1 Å². The van der Waals surface area contributed by atoms with Gasteiger partial charge in [-0.05, 0) is 37.3 Å². The van der Waals surface area contributed by atoms with Crippen LogP contribution in [0.2, 0.25) is 0 Å². The summed E-state index contributed by atoms with van der Waals surface area (Å²) in [4.78, 5) is 6.84. The summed E-state index contributed by atoms with van der Waals surface area (Å²) in [5, 5.41) is 3.24. The fourth-order valence-electron chi connectivity index (χ4n) is 2.01. The Labute approximate surface area is 97.9 Å². The van der Waals surface area contributed by atoms with Crippen LogP contribution in [-0.2, 0) is 0 Å². The van der Waals surface area contributed by atoms with Crippen LogP contribution in [0.25, 0.3) is 0 Å². The lowest BCUT2D eigenvalue weighted by atomic mass is 10.3. The van der Waals surface area contributed by atoms with Crippen molar-refractivity contribution in [2.24, 2.45) is 11.8 Å². The molecule has 1 aliphatic rings. The Kier molecular flexibility index (Phi) is 3.32. The molecule has 0 aromatic carbocycles. The maximum absolute atomic E-state index is 4.58. The molecule has 1 N–H and O–H groups in total. The quantitative estimate of drug-likeness (QED) is 0.825. The minimum absolute atomic E-state index is 0.870. The Morgan fingerprint density at radius 1 is 1.50 bits per heavy atom. The van der Waals surface area contributed by atoms with Crippen LogP contribution < -0.4 is 10.2 Å². The molecule has 2 unspecified atom stereocenters. The van der Waals surface area contributed by atoms with E-state index in [0.717, 1.165) is 36.6 Å². The van der Waals surface area contributed by atoms with Gasteiger partial charge in [-0.2, -0.15) is 0 Å². The molecule has 1 saturated carbocycles. The lowest BCUT2D eigenvalue weighted by Gasteiger charge is -2.18. The first-order valence-electron chi connectivity index (χ1n) is 6.12. The molecule has 1 aliphatic carbocycles. The van der Waals surface area contributed by atoms with Gasteiger partial charge in [-0.3, -0.25) is 0 Å². The number of rotatable bonds is 5. The number of hydrogen-bond acceptors (Lipinski definition) is 3. The van der Waals surface area contributed by atoms with Gasteiger partial charge in [0.1, 0.15) is 11.6 Å². The third-order valence-electron chi connectivity index (χ3n) is 3.27. The van der Waals surface area contributed by atoms with Crippen LogP contribution in [-0.4, -0.2) is 25.1 Å². The Bertz CT molecular complexity index is 351. The first-order valence-corrected chi connectivity index (χ1v) is 6.12. The monoisotopic (exact) mass is 219 g/mol. The third kappa shape index (κ3) is 2.65. The van der Waals surface area contributed by atoms with E-state index in [9.17, 15) is 0 Å². The summed E-state index contributed by atoms with van der Waals surface area (Å²) >= 11 is 0. The number of hydrogen-bond donors (Lipinski definition) is 1. The summed E-state index contributed by atoms with van der Waals surface area (Å²) < 4.78 is 0. The van der Waals surface area contributed by atoms with Gasteiger partial charge in [0.05, 0.1) is 0 Å². The van der Waals surface area contributed by atoms with Crippen molar-refractivity contribution in [2.75, 3.05) is 30.4 Å². The van der Waals surface area contributed by atoms with Crippen LogP contribution >= 0.6 is 0 Å². The number of pyridine rings is 1. The van der Waals surface area contributed by atoms with Crippen molar-refractivity contribution in [1.82, 2.24) is 4.98 Å². The van der Waals surface area contributed by atoms with Crippen LogP contribution in [0.4, 0.5) is 11.6 Å². The first-order chi connectivity index (χ1) is 7.70. The molecule has 0 bridgehead atoms.